The van der Waals surface area contributed by atoms with Crippen molar-refractivity contribution in [2.75, 3.05) is 12.0 Å². The van der Waals surface area contributed by atoms with E-state index in [4.69, 9.17) is 0 Å². The first-order valence-electron chi connectivity index (χ1n) is 7.79. The molecule has 0 radical (unpaired) electrons. The SMILES string of the molecule is CC(C)(C)CCC(CN(O)C=O)C(=O)NNc1nccc(C(F)(F)F)n1. The zero-order valence-electron chi connectivity index (χ0n) is 14.7. The van der Waals surface area contributed by atoms with E-state index in [9.17, 15) is 28.0 Å². The van der Waals surface area contributed by atoms with Crippen LogP contribution in [0.4, 0.5) is 19.1 Å². The lowest BCUT2D eigenvalue weighted by atomic mass is 9.86. The second kappa shape index (κ2) is 8.79. The summed E-state index contributed by atoms with van der Waals surface area (Å²) in [4.78, 5) is 29.7. The van der Waals surface area contributed by atoms with Gasteiger partial charge in [-0.1, -0.05) is 20.8 Å². The minimum absolute atomic E-state index is 0.0857. The first-order chi connectivity index (χ1) is 11.9. The van der Waals surface area contributed by atoms with Crippen LogP contribution in [0.3, 0.4) is 0 Å². The molecule has 1 aromatic rings. The summed E-state index contributed by atoms with van der Waals surface area (Å²) in [6.45, 7) is 5.64. The Hall–Kier alpha value is -2.43. The van der Waals surface area contributed by atoms with E-state index in [0.717, 1.165) is 6.20 Å². The van der Waals surface area contributed by atoms with E-state index in [1.165, 1.54) is 0 Å². The highest BCUT2D eigenvalue weighted by Crippen LogP contribution is 2.27. The molecule has 0 aliphatic rings. The number of rotatable bonds is 8. The van der Waals surface area contributed by atoms with Crippen molar-refractivity contribution in [1.82, 2.24) is 20.5 Å². The average molecular weight is 377 g/mol. The van der Waals surface area contributed by atoms with Gasteiger partial charge in [0.25, 0.3) is 0 Å². The summed E-state index contributed by atoms with van der Waals surface area (Å²) in [6, 6.07) is 0.701. The number of hydrogen-bond acceptors (Lipinski definition) is 6. The lowest BCUT2D eigenvalue weighted by Crippen LogP contribution is -2.41. The summed E-state index contributed by atoms with van der Waals surface area (Å²) in [5.74, 6) is -1.82. The van der Waals surface area contributed by atoms with Gasteiger partial charge in [0.2, 0.25) is 18.3 Å². The highest BCUT2D eigenvalue weighted by atomic mass is 19.4. The van der Waals surface area contributed by atoms with E-state index in [-0.39, 0.29) is 18.4 Å². The van der Waals surface area contributed by atoms with Crippen LogP contribution in [-0.4, -0.2) is 39.1 Å². The van der Waals surface area contributed by atoms with Crippen molar-refractivity contribution in [2.45, 2.75) is 39.8 Å². The number of alkyl halides is 3. The summed E-state index contributed by atoms with van der Waals surface area (Å²) in [5.41, 5.74) is 3.18. The number of hydroxylamine groups is 2. The van der Waals surface area contributed by atoms with Crippen molar-refractivity contribution < 1.29 is 28.0 Å². The van der Waals surface area contributed by atoms with E-state index in [2.05, 4.69) is 20.8 Å². The highest BCUT2D eigenvalue weighted by Gasteiger charge is 2.33. The first-order valence-corrected chi connectivity index (χ1v) is 7.79. The molecule has 0 aliphatic heterocycles. The molecule has 0 saturated heterocycles. The third-order valence-electron chi connectivity index (χ3n) is 3.39. The normalized spacial score (nSPS) is 13.0. The molecule has 26 heavy (non-hydrogen) atoms. The molecule has 0 spiro atoms. The number of nitrogens with one attached hydrogen (secondary N) is 2. The smallest absolute Gasteiger partial charge is 0.286 e. The van der Waals surface area contributed by atoms with Gasteiger partial charge >= 0.3 is 6.18 Å². The fourth-order valence-corrected chi connectivity index (χ4v) is 1.98. The number of hydrogen-bond donors (Lipinski definition) is 3. The summed E-state index contributed by atoms with van der Waals surface area (Å²) >= 11 is 0. The van der Waals surface area contributed by atoms with Gasteiger partial charge in [-0.2, -0.15) is 13.2 Å². The predicted molar refractivity (Wildman–Crippen MR) is 85.5 cm³/mol. The van der Waals surface area contributed by atoms with Gasteiger partial charge in [-0.05, 0) is 24.3 Å². The number of carbonyl (C=O) groups is 2. The summed E-state index contributed by atoms with van der Waals surface area (Å²) in [7, 11) is 0. The van der Waals surface area contributed by atoms with Crippen molar-refractivity contribution in [2.24, 2.45) is 11.3 Å². The average Bonchev–Trinajstić information content (AvgIpc) is 2.54. The Kier molecular flexibility index (Phi) is 7.30. The van der Waals surface area contributed by atoms with E-state index < -0.39 is 29.6 Å². The van der Waals surface area contributed by atoms with Crippen LogP contribution in [0, 0.1) is 11.3 Å². The summed E-state index contributed by atoms with van der Waals surface area (Å²) in [5, 5.41) is 9.67. The third-order valence-corrected chi connectivity index (χ3v) is 3.39. The Bertz CT molecular complexity index is 619. The lowest BCUT2D eigenvalue weighted by Gasteiger charge is -2.24. The molecule has 8 nitrogen and oxygen atoms in total. The highest BCUT2D eigenvalue weighted by molar-refractivity contribution is 5.80. The van der Waals surface area contributed by atoms with Crippen LogP contribution in [0.15, 0.2) is 12.3 Å². The Balaban J connectivity index is 2.75. The van der Waals surface area contributed by atoms with E-state index in [0.29, 0.717) is 24.0 Å². The number of halogens is 3. The lowest BCUT2D eigenvalue weighted by molar-refractivity contribution is -0.154. The fourth-order valence-electron chi connectivity index (χ4n) is 1.98. The molecule has 3 N–H and O–H groups in total. The molecule has 1 heterocycles. The van der Waals surface area contributed by atoms with Gasteiger partial charge in [-0.3, -0.25) is 25.6 Å². The van der Waals surface area contributed by atoms with Crippen molar-refractivity contribution in [3.8, 4) is 0 Å². The predicted octanol–water partition coefficient (Wildman–Crippen LogP) is 2.23. The zero-order chi connectivity index (χ0) is 20.0. The molecule has 1 atom stereocenters. The van der Waals surface area contributed by atoms with E-state index in [1.807, 2.05) is 20.8 Å². The van der Waals surface area contributed by atoms with Gasteiger partial charge in [-0.15, -0.1) is 0 Å². The van der Waals surface area contributed by atoms with Crippen molar-refractivity contribution in [1.29, 1.82) is 0 Å². The molecule has 0 aromatic carbocycles. The largest absolute Gasteiger partial charge is 0.433 e. The standard InChI is InChI=1S/C15H22F3N5O3/c1-14(2,3)6-4-10(8-23(26)9-24)12(25)21-22-13-19-7-5-11(20-13)15(16,17)18/h5,7,9-10,26H,4,6,8H2,1-3H3,(H,21,25)(H,19,20,22). The molecule has 1 aromatic heterocycles. The van der Waals surface area contributed by atoms with Gasteiger partial charge in [-0.25, -0.2) is 15.0 Å². The van der Waals surface area contributed by atoms with Crippen LogP contribution in [0.5, 0.6) is 0 Å². The number of carbonyl (C=O) groups excluding carboxylic acids is 2. The molecule has 0 bridgehead atoms. The molecule has 0 fully saturated rings. The Labute approximate surface area is 148 Å². The van der Waals surface area contributed by atoms with Crippen molar-refractivity contribution in [3.63, 3.8) is 0 Å². The second-order valence-electron chi connectivity index (χ2n) is 6.90. The molecular weight excluding hydrogens is 355 g/mol. The van der Waals surface area contributed by atoms with Crippen LogP contribution in [-0.2, 0) is 15.8 Å². The minimum atomic E-state index is -4.64. The topological polar surface area (TPSA) is 107 Å². The third kappa shape index (κ3) is 7.64. The van der Waals surface area contributed by atoms with Gasteiger partial charge in [0, 0.05) is 6.20 Å². The van der Waals surface area contributed by atoms with E-state index in [1.54, 1.807) is 0 Å². The van der Waals surface area contributed by atoms with E-state index >= 15 is 0 Å². The maximum atomic E-state index is 12.6. The number of hydrazine groups is 1. The van der Waals surface area contributed by atoms with Crippen LogP contribution in [0.2, 0.25) is 0 Å². The van der Waals surface area contributed by atoms with Gasteiger partial charge < -0.3 is 0 Å². The molecule has 11 heteroatoms. The van der Waals surface area contributed by atoms with Gasteiger partial charge in [0.1, 0.15) is 5.69 Å². The number of amides is 2. The maximum absolute atomic E-state index is 12.6. The molecule has 0 aliphatic carbocycles. The molecule has 1 unspecified atom stereocenters. The van der Waals surface area contributed by atoms with Crippen LogP contribution in [0.25, 0.3) is 0 Å². The Morgan fingerprint density at radius 1 is 1.38 bits per heavy atom. The summed E-state index contributed by atoms with van der Waals surface area (Å²) < 4.78 is 37.9. The zero-order valence-corrected chi connectivity index (χ0v) is 14.7. The molecule has 146 valence electrons. The quantitative estimate of drug-likeness (QED) is 0.364. The van der Waals surface area contributed by atoms with Crippen LogP contribution < -0.4 is 10.9 Å². The van der Waals surface area contributed by atoms with Crippen molar-refractivity contribution >= 4 is 18.3 Å². The van der Waals surface area contributed by atoms with Gasteiger partial charge in [0.15, 0.2) is 0 Å². The van der Waals surface area contributed by atoms with Crippen molar-refractivity contribution in [3.05, 3.63) is 18.0 Å². The molecule has 2 amide bonds. The monoisotopic (exact) mass is 377 g/mol. The molecular formula is C15H22F3N5O3. The summed E-state index contributed by atoms with van der Waals surface area (Å²) in [6.07, 6.45) is -2.59. The van der Waals surface area contributed by atoms with Gasteiger partial charge in [0.05, 0.1) is 12.5 Å². The second-order valence-corrected chi connectivity index (χ2v) is 6.90. The Morgan fingerprint density at radius 3 is 2.58 bits per heavy atom. The minimum Gasteiger partial charge on any atom is -0.286 e. The Morgan fingerprint density at radius 2 is 2.04 bits per heavy atom. The molecule has 1 rings (SSSR count). The molecule has 0 saturated carbocycles. The van der Waals surface area contributed by atoms with Crippen LogP contribution >= 0.6 is 0 Å². The number of anilines is 1. The number of aromatic nitrogens is 2. The first kappa shape index (κ1) is 21.6. The van der Waals surface area contributed by atoms with Crippen LogP contribution in [0.1, 0.15) is 39.3 Å². The maximum Gasteiger partial charge on any atom is 0.433 e. The number of nitrogens with zero attached hydrogens (tertiary/aromatic N) is 3. The fraction of sp³-hybridized carbons (Fsp3) is 0.600.